The van der Waals surface area contributed by atoms with Gasteiger partial charge in [-0.15, -0.1) is 6.58 Å². The zero-order valence-corrected chi connectivity index (χ0v) is 12.1. The number of Topliss-reactive ketones (excluding diaryl/α,β-unsaturated/α-hetero) is 1. The van der Waals surface area contributed by atoms with Gasteiger partial charge in [0.05, 0.1) is 0 Å². The molecule has 0 bridgehead atoms. The van der Waals surface area contributed by atoms with E-state index in [1.807, 2.05) is 6.08 Å². The Morgan fingerprint density at radius 3 is 1.94 bits per heavy atom. The van der Waals surface area contributed by atoms with E-state index >= 15 is 0 Å². The number of hydrogen-bond donors (Lipinski definition) is 0. The average Bonchev–Trinajstić information content (AvgIpc) is 2.34. The normalized spacial score (nSPS) is 10.9. The number of hydrogen-bond acceptors (Lipinski definition) is 1. The van der Waals surface area contributed by atoms with E-state index < -0.39 is 0 Å². The molecule has 0 aromatic rings. The van der Waals surface area contributed by atoms with Crippen LogP contribution in [0, 0.1) is 0 Å². The first-order valence-electron chi connectivity index (χ1n) is 7.52. The predicted octanol–water partition coefficient (Wildman–Crippen LogP) is 5.61. The molecule has 0 aliphatic rings. The van der Waals surface area contributed by atoms with Crippen molar-refractivity contribution in [2.24, 2.45) is 0 Å². The third kappa shape index (κ3) is 15.1. The van der Waals surface area contributed by atoms with Gasteiger partial charge in [0, 0.05) is 6.42 Å². The summed E-state index contributed by atoms with van der Waals surface area (Å²) in [5.74, 6) is 0.328. The van der Waals surface area contributed by atoms with Crippen molar-refractivity contribution in [3.05, 3.63) is 24.8 Å². The standard InChI is InChI=1S/C17H30O/c1-3-4-5-6-7-8-9-10-11-12-13-14-15-16-17(2)18/h3,8-9H,1,4-7,10-16H2,2H3/b9-8+. The van der Waals surface area contributed by atoms with E-state index in [-0.39, 0.29) is 0 Å². The number of ketones is 1. The lowest BCUT2D eigenvalue weighted by Gasteiger charge is -1.98. The highest BCUT2D eigenvalue weighted by Gasteiger charge is 1.93. The summed E-state index contributed by atoms with van der Waals surface area (Å²) in [7, 11) is 0. The Morgan fingerprint density at radius 2 is 1.33 bits per heavy atom. The van der Waals surface area contributed by atoms with Crippen molar-refractivity contribution in [1.82, 2.24) is 0 Å². The molecule has 0 saturated carbocycles. The van der Waals surface area contributed by atoms with Gasteiger partial charge in [0.15, 0.2) is 0 Å². The SMILES string of the molecule is C=CCCCC/C=C/CCCCCCCC(C)=O. The van der Waals surface area contributed by atoms with E-state index in [4.69, 9.17) is 0 Å². The van der Waals surface area contributed by atoms with E-state index in [0.29, 0.717) is 5.78 Å². The summed E-state index contributed by atoms with van der Waals surface area (Å²) in [6.07, 6.45) is 19.7. The van der Waals surface area contributed by atoms with E-state index in [9.17, 15) is 4.79 Å². The monoisotopic (exact) mass is 250 g/mol. The molecule has 0 N–H and O–H groups in total. The Balaban J connectivity index is 3.08. The summed E-state index contributed by atoms with van der Waals surface area (Å²) in [5, 5.41) is 0. The van der Waals surface area contributed by atoms with Crippen LogP contribution >= 0.6 is 0 Å². The highest BCUT2D eigenvalue weighted by molar-refractivity contribution is 5.75. The first-order valence-corrected chi connectivity index (χ1v) is 7.52. The van der Waals surface area contributed by atoms with E-state index in [0.717, 1.165) is 19.3 Å². The lowest BCUT2D eigenvalue weighted by Crippen LogP contribution is -1.89. The van der Waals surface area contributed by atoms with Crippen LogP contribution < -0.4 is 0 Å². The number of allylic oxidation sites excluding steroid dienone is 3. The van der Waals surface area contributed by atoms with Crippen molar-refractivity contribution in [2.75, 3.05) is 0 Å². The summed E-state index contributed by atoms with van der Waals surface area (Å²) >= 11 is 0. The van der Waals surface area contributed by atoms with Gasteiger partial charge in [0.2, 0.25) is 0 Å². The van der Waals surface area contributed by atoms with Gasteiger partial charge in [-0.1, -0.05) is 37.5 Å². The molecule has 104 valence electrons. The van der Waals surface area contributed by atoms with Crippen molar-refractivity contribution in [3.8, 4) is 0 Å². The van der Waals surface area contributed by atoms with Crippen molar-refractivity contribution in [3.63, 3.8) is 0 Å². The molecule has 0 aliphatic heterocycles. The minimum atomic E-state index is 0.328. The van der Waals surface area contributed by atoms with Gasteiger partial charge in [0.25, 0.3) is 0 Å². The van der Waals surface area contributed by atoms with Gasteiger partial charge in [-0.2, -0.15) is 0 Å². The summed E-state index contributed by atoms with van der Waals surface area (Å²) in [4.78, 5) is 10.7. The topological polar surface area (TPSA) is 17.1 Å². The molecule has 0 rings (SSSR count). The first-order chi connectivity index (χ1) is 8.77. The number of carbonyl (C=O) groups is 1. The Morgan fingerprint density at radius 1 is 0.833 bits per heavy atom. The zero-order chi connectivity index (χ0) is 13.5. The van der Waals surface area contributed by atoms with Crippen LogP contribution in [0.25, 0.3) is 0 Å². The molecular weight excluding hydrogens is 220 g/mol. The third-order valence-corrected chi connectivity index (χ3v) is 3.10. The number of unbranched alkanes of at least 4 members (excludes halogenated alkanes) is 8. The molecule has 0 unspecified atom stereocenters. The van der Waals surface area contributed by atoms with Crippen LogP contribution in [-0.4, -0.2) is 5.78 Å². The van der Waals surface area contributed by atoms with Gasteiger partial charge in [-0.25, -0.2) is 0 Å². The summed E-state index contributed by atoms with van der Waals surface area (Å²) in [6.45, 7) is 5.40. The number of carbonyl (C=O) groups excluding carboxylic acids is 1. The highest BCUT2D eigenvalue weighted by atomic mass is 16.1. The van der Waals surface area contributed by atoms with Gasteiger partial charge in [-0.3, -0.25) is 0 Å². The lowest BCUT2D eigenvalue weighted by molar-refractivity contribution is -0.117. The molecule has 0 aliphatic carbocycles. The van der Waals surface area contributed by atoms with E-state index in [1.54, 1.807) is 6.92 Å². The third-order valence-electron chi connectivity index (χ3n) is 3.10. The molecule has 0 saturated heterocycles. The van der Waals surface area contributed by atoms with Crippen LogP contribution in [0.3, 0.4) is 0 Å². The largest absolute Gasteiger partial charge is 0.300 e. The Hall–Kier alpha value is -0.850. The fourth-order valence-electron chi connectivity index (χ4n) is 1.95. The van der Waals surface area contributed by atoms with Crippen molar-refractivity contribution in [2.45, 2.75) is 77.6 Å². The summed E-state index contributed by atoms with van der Waals surface area (Å²) in [6, 6.07) is 0. The summed E-state index contributed by atoms with van der Waals surface area (Å²) in [5.41, 5.74) is 0. The average molecular weight is 250 g/mol. The second-order valence-corrected chi connectivity index (χ2v) is 5.05. The highest BCUT2D eigenvalue weighted by Crippen LogP contribution is 2.08. The molecule has 0 amide bonds. The Bertz CT molecular complexity index is 228. The lowest BCUT2D eigenvalue weighted by atomic mass is 10.1. The maximum absolute atomic E-state index is 10.7. The fourth-order valence-corrected chi connectivity index (χ4v) is 1.95. The Labute approximate surface area is 113 Å². The number of rotatable bonds is 13. The van der Waals surface area contributed by atoms with Gasteiger partial charge >= 0.3 is 0 Å². The molecular formula is C17H30O. The van der Waals surface area contributed by atoms with Crippen molar-refractivity contribution in [1.29, 1.82) is 0 Å². The minimum Gasteiger partial charge on any atom is -0.300 e. The molecule has 0 heterocycles. The van der Waals surface area contributed by atoms with Crippen LogP contribution in [0.2, 0.25) is 0 Å². The molecule has 0 spiro atoms. The minimum absolute atomic E-state index is 0.328. The summed E-state index contributed by atoms with van der Waals surface area (Å²) < 4.78 is 0. The quantitative estimate of drug-likeness (QED) is 0.307. The van der Waals surface area contributed by atoms with Crippen LogP contribution in [0.4, 0.5) is 0 Å². The van der Waals surface area contributed by atoms with Crippen LogP contribution in [0.15, 0.2) is 24.8 Å². The molecule has 0 fully saturated rings. The van der Waals surface area contributed by atoms with Crippen molar-refractivity contribution < 1.29 is 4.79 Å². The molecule has 0 aromatic carbocycles. The van der Waals surface area contributed by atoms with Gasteiger partial charge in [0.1, 0.15) is 5.78 Å². The molecule has 1 heteroatoms. The fraction of sp³-hybridized carbons (Fsp3) is 0.706. The van der Waals surface area contributed by atoms with E-state index in [1.165, 1.54) is 51.4 Å². The molecule has 0 aromatic heterocycles. The van der Waals surface area contributed by atoms with Gasteiger partial charge in [-0.05, 0) is 51.9 Å². The van der Waals surface area contributed by atoms with Crippen LogP contribution in [0.5, 0.6) is 0 Å². The van der Waals surface area contributed by atoms with Crippen molar-refractivity contribution >= 4 is 5.78 Å². The first kappa shape index (κ1) is 17.2. The molecule has 0 atom stereocenters. The molecule has 0 radical (unpaired) electrons. The predicted molar refractivity (Wildman–Crippen MR) is 80.8 cm³/mol. The maximum Gasteiger partial charge on any atom is 0.129 e. The zero-order valence-electron chi connectivity index (χ0n) is 12.1. The van der Waals surface area contributed by atoms with E-state index in [2.05, 4.69) is 18.7 Å². The second kappa shape index (κ2) is 14.2. The van der Waals surface area contributed by atoms with Gasteiger partial charge < -0.3 is 4.79 Å². The smallest absolute Gasteiger partial charge is 0.129 e. The second-order valence-electron chi connectivity index (χ2n) is 5.05. The Kier molecular flexibility index (Phi) is 13.5. The molecule has 18 heavy (non-hydrogen) atoms. The van der Waals surface area contributed by atoms with Crippen LogP contribution in [0.1, 0.15) is 77.6 Å². The van der Waals surface area contributed by atoms with Crippen LogP contribution in [-0.2, 0) is 4.79 Å². The maximum atomic E-state index is 10.7. The molecule has 1 nitrogen and oxygen atoms in total.